The topological polar surface area (TPSA) is 73.6 Å². The van der Waals surface area contributed by atoms with Crippen molar-refractivity contribution in [1.29, 1.82) is 10.5 Å². The number of allylic oxidation sites excluding steroid dienone is 2. The second-order valence-corrected chi connectivity index (χ2v) is 4.34. The minimum atomic E-state index is 0.220. The Labute approximate surface area is 108 Å². The summed E-state index contributed by atoms with van der Waals surface area (Å²) >= 11 is 0. The van der Waals surface area contributed by atoms with Crippen LogP contribution in [0.4, 0.5) is 0 Å². The molecule has 1 rings (SSSR count). The lowest BCUT2D eigenvalue weighted by molar-refractivity contribution is 0.640. The van der Waals surface area contributed by atoms with E-state index in [1.54, 1.807) is 12.1 Å². The van der Waals surface area contributed by atoms with Gasteiger partial charge in [-0.15, -0.1) is 0 Å². The first kappa shape index (κ1) is 13.8. The number of rotatable bonds is 4. The Kier molecular flexibility index (Phi) is 4.96. The van der Waals surface area contributed by atoms with E-state index in [9.17, 15) is 0 Å². The van der Waals surface area contributed by atoms with Gasteiger partial charge in [-0.05, 0) is 30.0 Å². The first-order chi connectivity index (χ1) is 8.62. The SMILES string of the molecule is CCC(C)/C(N)=C(/C#N)Cc1ccc(C#N)cc1. The summed E-state index contributed by atoms with van der Waals surface area (Å²) in [6, 6.07) is 11.5. The fourth-order valence-corrected chi connectivity index (χ4v) is 1.62. The standard InChI is InChI=1S/C15H17N3/c1-3-11(2)15(18)14(10-17)8-12-4-6-13(9-16)7-5-12/h4-7,11H,3,8,18H2,1-2H3/b15-14-. The van der Waals surface area contributed by atoms with E-state index in [1.165, 1.54) is 0 Å². The fraction of sp³-hybridized carbons (Fsp3) is 0.333. The summed E-state index contributed by atoms with van der Waals surface area (Å²) in [5.74, 6) is 0.220. The fourth-order valence-electron chi connectivity index (χ4n) is 1.62. The molecule has 3 heteroatoms. The number of nitriles is 2. The lowest BCUT2D eigenvalue weighted by Gasteiger charge is -2.11. The van der Waals surface area contributed by atoms with E-state index in [-0.39, 0.29) is 5.92 Å². The molecule has 92 valence electrons. The van der Waals surface area contributed by atoms with Crippen LogP contribution >= 0.6 is 0 Å². The molecule has 18 heavy (non-hydrogen) atoms. The highest BCUT2D eigenvalue weighted by Crippen LogP contribution is 2.17. The van der Waals surface area contributed by atoms with Crippen molar-refractivity contribution in [2.75, 3.05) is 0 Å². The number of nitrogens with two attached hydrogens (primary N) is 1. The molecule has 0 heterocycles. The zero-order valence-corrected chi connectivity index (χ0v) is 10.8. The largest absolute Gasteiger partial charge is 0.401 e. The highest BCUT2D eigenvalue weighted by atomic mass is 14.6. The Balaban J connectivity index is 2.94. The van der Waals surface area contributed by atoms with Gasteiger partial charge in [0.2, 0.25) is 0 Å². The Morgan fingerprint density at radius 1 is 1.28 bits per heavy atom. The van der Waals surface area contributed by atoms with Crippen LogP contribution in [0.3, 0.4) is 0 Å². The second kappa shape index (κ2) is 6.47. The number of nitrogens with zero attached hydrogens (tertiary/aromatic N) is 2. The molecule has 0 radical (unpaired) electrons. The summed E-state index contributed by atoms with van der Waals surface area (Å²) in [4.78, 5) is 0. The number of hydrogen-bond donors (Lipinski definition) is 1. The molecular weight excluding hydrogens is 222 g/mol. The van der Waals surface area contributed by atoms with Crippen LogP contribution in [-0.2, 0) is 6.42 Å². The molecule has 0 amide bonds. The molecule has 0 fully saturated rings. The lowest BCUT2D eigenvalue weighted by atomic mass is 9.96. The predicted octanol–water partition coefficient (Wildman–Crippen LogP) is 2.88. The molecule has 1 unspecified atom stereocenters. The van der Waals surface area contributed by atoms with E-state index in [1.807, 2.05) is 26.0 Å². The van der Waals surface area contributed by atoms with Gasteiger partial charge in [0, 0.05) is 12.1 Å². The molecule has 0 aliphatic carbocycles. The van der Waals surface area contributed by atoms with Crippen molar-refractivity contribution >= 4 is 0 Å². The van der Waals surface area contributed by atoms with E-state index in [0.29, 0.717) is 23.3 Å². The third kappa shape index (κ3) is 3.37. The van der Waals surface area contributed by atoms with Gasteiger partial charge in [0.05, 0.1) is 23.3 Å². The Bertz CT molecular complexity index is 512. The van der Waals surface area contributed by atoms with Crippen molar-refractivity contribution in [1.82, 2.24) is 0 Å². The first-order valence-corrected chi connectivity index (χ1v) is 6.00. The van der Waals surface area contributed by atoms with Gasteiger partial charge >= 0.3 is 0 Å². The number of hydrogen-bond acceptors (Lipinski definition) is 3. The van der Waals surface area contributed by atoms with E-state index in [0.717, 1.165) is 12.0 Å². The van der Waals surface area contributed by atoms with Gasteiger partial charge in [-0.1, -0.05) is 26.0 Å². The Hall–Kier alpha value is -2.26. The molecule has 0 aliphatic rings. The van der Waals surface area contributed by atoms with E-state index in [2.05, 4.69) is 12.1 Å². The van der Waals surface area contributed by atoms with Crippen molar-refractivity contribution in [3.63, 3.8) is 0 Å². The monoisotopic (exact) mass is 239 g/mol. The van der Waals surface area contributed by atoms with E-state index in [4.69, 9.17) is 16.3 Å². The molecule has 0 aromatic heterocycles. The summed E-state index contributed by atoms with van der Waals surface area (Å²) in [5, 5.41) is 17.9. The molecule has 1 aromatic carbocycles. The van der Waals surface area contributed by atoms with Crippen LogP contribution in [0.5, 0.6) is 0 Å². The van der Waals surface area contributed by atoms with Crippen LogP contribution in [0.1, 0.15) is 31.4 Å². The van der Waals surface area contributed by atoms with Gasteiger partial charge in [-0.25, -0.2) is 0 Å². The van der Waals surface area contributed by atoms with Crippen molar-refractivity contribution in [2.45, 2.75) is 26.7 Å². The highest BCUT2D eigenvalue weighted by molar-refractivity contribution is 5.37. The molecule has 0 saturated heterocycles. The molecule has 1 atom stereocenters. The lowest BCUT2D eigenvalue weighted by Crippen LogP contribution is -2.12. The maximum atomic E-state index is 9.16. The van der Waals surface area contributed by atoms with Crippen molar-refractivity contribution in [3.8, 4) is 12.1 Å². The highest BCUT2D eigenvalue weighted by Gasteiger charge is 2.10. The maximum Gasteiger partial charge on any atom is 0.0991 e. The molecule has 3 nitrogen and oxygen atoms in total. The summed E-state index contributed by atoms with van der Waals surface area (Å²) in [7, 11) is 0. The minimum Gasteiger partial charge on any atom is -0.401 e. The minimum absolute atomic E-state index is 0.220. The van der Waals surface area contributed by atoms with E-state index < -0.39 is 0 Å². The molecule has 0 spiro atoms. The zero-order valence-electron chi connectivity index (χ0n) is 10.8. The van der Waals surface area contributed by atoms with Crippen LogP contribution in [-0.4, -0.2) is 0 Å². The Morgan fingerprint density at radius 3 is 2.33 bits per heavy atom. The van der Waals surface area contributed by atoms with Gasteiger partial charge in [0.25, 0.3) is 0 Å². The zero-order chi connectivity index (χ0) is 13.5. The summed E-state index contributed by atoms with van der Waals surface area (Å²) in [5.41, 5.74) is 8.90. The van der Waals surface area contributed by atoms with Crippen molar-refractivity contribution in [3.05, 3.63) is 46.7 Å². The third-order valence-electron chi connectivity index (χ3n) is 3.09. The molecular formula is C15H17N3. The first-order valence-electron chi connectivity index (χ1n) is 6.00. The normalized spacial score (nSPS) is 13.1. The predicted molar refractivity (Wildman–Crippen MR) is 71.1 cm³/mol. The van der Waals surface area contributed by atoms with Crippen molar-refractivity contribution < 1.29 is 0 Å². The van der Waals surface area contributed by atoms with Crippen molar-refractivity contribution in [2.24, 2.45) is 11.7 Å². The molecule has 1 aromatic rings. The third-order valence-corrected chi connectivity index (χ3v) is 3.09. The van der Waals surface area contributed by atoms with Crippen LogP contribution in [0, 0.1) is 28.6 Å². The van der Waals surface area contributed by atoms with Gasteiger partial charge < -0.3 is 5.73 Å². The maximum absolute atomic E-state index is 9.16. The molecule has 2 N–H and O–H groups in total. The van der Waals surface area contributed by atoms with Gasteiger partial charge in [0.15, 0.2) is 0 Å². The quantitative estimate of drug-likeness (QED) is 0.821. The van der Waals surface area contributed by atoms with E-state index >= 15 is 0 Å². The van der Waals surface area contributed by atoms with Gasteiger partial charge in [0.1, 0.15) is 0 Å². The molecule has 0 saturated carbocycles. The van der Waals surface area contributed by atoms with Crippen LogP contribution in [0.15, 0.2) is 35.5 Å². The van der Waals surface area contributed by atoms with Crippen LogP contribution < -0.4 is 5.73 Å². The Morgan fingerprint density at radius 2 is 1.89 bits per heavy atom. The summed E-state index contributed by atoms with van der Waals surface area (Å²) in [6.07, 6.45) is 1.45. The molecule has 0 aliphatic heterocycles. The average molecular weight is 239 g/mol. The molecule has 0 bridgehead atoms. The van der Waals surface area contributed by atoms with Crippen LogP contribution in [0.25, 0.3) is 0 Å². The van der Waals surface area contributed by atoms with Gasteiger partial charge in [-0.2, -0.15) is 10.5 Å². The second-order valence-electron chi connectivity index (χ2n) is 4.34. The smallest absolute Gasteiger partial charge is 0.0991 e. The van der Waals surface area contributed by atoms with Gasteiger partial charge in [-0.3, -0.25) is 0 Å². The summed E-state index contributed by atoms with van der Waals surface area (Å²) < 4.78 is 0. The van der Waals surface area contributed by atoms with Crippen LogP contribution in [0.2, 0.25) is 0 Å². The summed E-state index contributed by atoms with van der Waals surface area (Å²) in [6.45, 7) is 4.07. The average Bonchev–Trinajstić information content (AvgIpc) is 2.43. The number of benzene rings is 1.